The van der Waals surface area contributed by atoms with Crippen LogP contribution in [0.5, 0.6) is 0 Å². The number of oxime groups is 1. The first kappa shape index (κ1) is 16.1. The molecule has 0 aromatic heterocycles. The molecule has 6 heteroatoms. The van der Waals surface area contributed by atoms with Crippen molar-refractivity contribution in [3.05, 3.63) is 71.3 Å². The lowest BCUT2D eigenvalue weighted by molar-refractivity contribution is 0.0479. The quantitative estimate of drug-likeness (QED) is 0.864. The fourth-order valence-corrected chi connectivity index (χ4v) is 2.57. The summed E-state index contributed by atoms with van der Waals surface area (Å²) in [6.07, 6.45) is 0.186. The summed E-state index contributed by atoms with van der Waals surface area (Å²) in [7, 11) is 1.59. The third-order valence-electron chi connectivity index (χ3n) is 3.84. The Bertz CT molecular complexity index is 775. The molecule has 0 aliphatic carbocycles. The molecular weight excluding hydrogens is 314 g/mol. The average Bonchev–Trinajstić information content (AvgIpc) is 3.04. The number of likely N-dealkylation sites (N-methyl/N-ethyl adjacent to an activating group) is 1. The second kappa shape index (κ2) is 6.78. The number of carbonyl (C=O) groups is 1. The van der Waals surface area contributed by atoms with Crippen LogP contribution in [-0.4, -0.2) is 36.2 Å². The normalized spacial score (nSPS) is 16.5. The summed E-state index contributed by atoms with van der Waals surface area (Å²) in [5, 5.41) is 4.00. The van der Waals surface area contributed by atoms with E-state index in [2.05, 4.69) is 5.16 Å². The van der Waals surface area contributed by atoms with E-state index in [9.17, 15) is 13.6 Å². The van der Waals surface area contributed by atoms with Gasteiger partial charge in [-0.05, 0) is 29.8 Å². The monoisotopic (exact) mass is 330 g/mol. The van der Waals surface area contributed by atoms with Crippen molar-refractivity contribution in [3.8, 4) is 0 Å². The van der Waals surface area contributed by atoms with Gasteiger partial charge in [0.1, 0.15) is 11.6 Å². The van der Waals surface area contributed by atoms with E-state index in [1.54, 1.807) is 25.2 Å². The molecule has 24 heavy (non-hydrogen) atoms. The van der Waals surface area contributed by atoms with Gasteiger partial charge in [-0.2, -0.15) is 0 Å². The number of nitrogens with zero attached hydrogens (tertiary/aromatic N) is 2. The highest BCUT2D eigenvalue weighted by Gasteiger charge is 2.26. The molecule has 0 saturated carbocycles. The summed E-state index contributed by atoms with van der Waals surface area (Å²) in [4.78, 5) is 19.0. The summed E-state index contributed by atoms with van der Waals surface area (Å²) in [6.45, 7) is 0.279. The maximum atomic E-state index is 13.7. The highest BCUT2D eigenvalue weighted by Crippen LogP contribution is 2.19. The first-order chi connectivity index (χ1) is 11.5. The average molecular weight is 330 g/mol. The van der Waals surface area contributed by atoms with E-state index >= 15 is 0 Å². The van der Waals surface area contributed by atoms with Crippen LogP contribution in [0.1, 0.15) is 22.3 Å². The van der Waals surface area contributed by atoms with Gasteiger partial charge < -0.3 is 9.74 Å². The summed E-state index contributed by atoms with van der Waals surface area (Å²) in [5.41, 5.74) is 1.51. The predicted octanol–water partition coefficient (Wildman–Crippen LogP) is 3.23. The topological polar surface area (TPSA) is 41.9 Å². The van der Waals surface area contributed by atoms with Gasteiger partial charge >= 0.3 is 0 Å². The summed E-state index contributed by atoms with van der Waals surface area (Å²) < 4.78 is 26.7. The largest absolute Gasteiger partial charge is 0.390 e. The van der Waals surface area contributed by atoms with E-state index in [1.807, 2.05) is 0 Å². The number of hydrogen-bond acceptors (Lipinski definition) is 3. The minimum atomic E-state index is -0.551. The molecule has 0 saturated heterocycles. The lowest BCUT2D eigenvalue weighted by Gasteiger charge is -2.20. The minimum absolute atomic E-state index is 0.0256. The van der Waals surface area contributed by atoms with Crippen LogP contribution < -0.4 is 0 Å². The molecule has 0 N–H and O–H groups in total. The number of carbonyl (C=O) groups excluding carboxylic acids is 1. The maximum absolute atomic E-state index is 13.7. The zero-order chi connectivity index (χ0) is 17.1. The van der Waals surface area contributed by atoms with E-state index in [0.717, 1.165) is 5.56 Å². The summed E-state index contributed by atoms with van der Waals surface area (Å²) >= 11 is 0. The molecule has 1 atom stereocenters. The van der Waals surface area contributed by atoms with Crippen LogP contribution in [0, 0.1) is 11.6 Å². The minimum Gasteiger partial charge on any atom is -0.390 e. The van der Waals surface area contributed by atoms with Crippen LogP contribution in [-0.2, 0) is 4.84 Å². The van der Waals surface area contributed by atoms with Gasteiger partial charge in [-0.3, -0.25) is 4.79 Å². The first-order valence-electron chi connectivity index (χ1n) is 7.53. The molecule has 1 aliphatic heterocycles. The summed E-state index contributed by atoms with van der Waals surface area (Å²) in [6, 6.07) is 11.8. The van der Waals surface area contributed by atoms with Gasteiger partial charge in [-0.1, -0.05) is 29.4 Å². The number of rotatable bonds is 4. The summed E-state index contributed by atoms with van der Waals surface area (Å²) in [5.74, 6) is -1.28. The lowest BCUT2D eigenvalue weighted by Crippen LogP contribution is -2.35. The molecule has 0 radical (unpaired) electrons. The first-order valence-corrected chi connectivity index (χ1v) is 7.53. The molecular formula is C18H16F2N2O2. The van der Waals surface area contributed by atoms with Gasteiger partial charge in [-0.25, -0.2) is 8.78 Å². The van der Waals surface area contributed by atoms with Crippen LogP contribution in [0.15, 0.2) is 53.7 Å². The van der Waals surface area contributed by atoms with Gasteiger partial charge in [0, 0.05) is 13.5 Å². The molecule has 2 aromatic rings. The smallest absolute Gasteiger partial charge is 0.256 e. The van der Waals surface area contributed by atoms with Crippen LogP contribution >= 0.6 is 0 Å². The van der Waals surface area contributed by atoms with Crippen LogP contribution in [0.3, 0.4) is 0 Å². The fourth-order valence-electron chi connectivity index (χ4n) is 2.57. The Balaban J connectivity index is 1.61. The molecule has 1 unspecified atom stereocenters. The van der Waals surface area contributed by atoms with Crippen molar-refractivity contribution in [1.82, 2.24) is 4.90 Å². The Hall–Kier alpha value is -2.76. The highest BCUT2D eigenvalue weighted by molar-refractivity contribution is 6.01. The molecule has 0 spiro atoms. The van der Waals surface area contributed by atoms with E-state index in [4.69, 9.17) is 4.84 Å². The highest BCUT2D eigenvalue weighted by atomic mass is 19.1. The number of benzene rings is 2. The zero-order valence-electron chi connectivity index (χ0n) is 13.1. The van der Waals surface area contributed by atoms with Crippen LogP contribution in [0.25, 0.3) is 0 Å². The van der Waals surface area contributed by atoms with E-state index in [0.29, 0.717) is 12.1 Å². The SMILES string of the molecule is CN(CC1CC(c2ccc(F)cc2)=NO1)C(=O)c1ccccc1F. The third kappa shape index (κ3) is 3.42. The van der Waals surface area contributed by atoms with Gasteiger partial charge in [0.25, 0.3) is 5.91 Å². The molecule has 4 nitrogen and oxygen atoms in total. The van der Waals surface area contributed by atoms with Gasteiger partial charge in [0.15, 0.2) is 6.10 Å². The standard InChI is InChI=1S/C18H16F2N2O2/c1-22(18(23)15-4-2-3-5-16(15)20)11-14-10-17(21-24-14)12-6-8-13(19)9-7-12/h2-9,14H,10-11H2,1H3. The number of amides is 1. The fraction of sp³-hybridized carbons (Fsp3) is 0.222. The molecule has 0 bridgehead atoms. The Morgan fingerprint density at radius 3 is 2.62 bits per heavy atom. The van der Waals surface area contributed by atoms with Gasteiger partial charge in [0.2, 0.25) is 0 Å². The van der Waals surface area contributed by atoms with Crippen molar-refractivity contribution < 1.29 is 18.4 Å². The molecule has 1 amide bonds. The number of halogens is 2. The predicted molar refractivity (Wildman–Crippen MR) is 85.8 cm³/mol. The van der Waals surface area contributed by atoms with E-state index in [-0.39, 0.29) is 24.0 Å². The molecule has 2 aromatic carbocycles. The van der Waals surface area contributed by atoms with E-state index in [1.165, 1.54) is 35.2 Å². The van der Waals surface area contributed by atoms with Crippen molar-refractivity contribution in [3.63, 3.8) is 0 Å². The third-order valence-corrected chi connectivity index (χ3v) is 3.84. The molecule has 3 rings (SSSR count). The lowest BCUT2D eigenvalue weighted by atomic mass is 10.0. The van der Waals surface area contributed by atoms with Crippen LogP contribution in [0.4, 0.5) is 8.78 Å². The number of hydrogen-bond donors (Lipinski definition) is 0. The van der Waals surface area contributed by atoms with Crippen molar-refractivity contribution >= 4 is 11.6 Å². The van der Waals surface area contributed by atoms with Gasteiger partial charge in [0.05, 0.1) is 17.8 Å². The Labute approximate surface area is 138 Å². The molecule has 124 valence electrons. The molecule has 1 heterocycles. The maximum Gasteiger partial charge on any atom is 0.256 e. The van der Waals surface area contributed by atoms with Crippen molar-refractivity contribution in [2.24, 2.45) is 5.16 Å². The molecule has 1 aliphatic rings. The van der Waals surface area contributed by atoms with E-state index < -0.39 is 11.7 Å². The Morgan fingerprint density at radius 1 is 1.21 bits per heavy atom. The zero-order valence-corrected chi connectivity index (χ0v) is 13.1. The van der Waals surface area contributed by atoms with Crippen molar-refractivity contribution in [2.75, 3.05) is 13.6 Å². The Kier molecular flexibility index (Phi) is 4.55. The van der Waals surface area contributed by atoms with Crippen molar-refractivity contribution in [2.45, 2.75) is 12.5 Å². The van der Waals surface area contributed by atoms with Crippen molar-refractivity contribution in [1.29, 1.82) is 0 Å². The van der Waals surface area contributed by atoms with Gasteiger partial charge in [-0.15, -0.1) is 0 Å². The molecule has 0 fully saturated rings. The second-order valence-corrected chi connectivity index (χ2v) is 5.64. The van der Waals surface area contributed by atoms with Crippen LogP contribution in [0.2, 0.25) is 0 Å². The second-order valence-electron chi connectivity index (χ2n) is 5.64. The Morgan fingerprint density at radius 2 is 1.92 bits per heavy atom.